The number of nitrogens with one attached hydrogen (secondary N) is 2. The van der Waals surface area contributed by atoms with Gasteiger partial charge < -0.3 is 15.2 Å². The van der Waals surface area contributed by atoms with E-state index in [2.05, 4.69) is 10.6 Å². The van der Waals surface area contributed by atoms with Crippen LogP contribution >= 0.6 is 12.2 Å². The third-order valence-electron chi connectivity index (χ3n) is 3.18. The van der Waals surface area contributed by atoms with Crippen LogP contribution in [0.4, 0.5) is 5.69 Å². The van der Waals surface area contributed by atoms with E-state index in [0.29, 0.717) is 23.6 Å². The molecule has 0 spiro atoms. The molecular weight excluding hydrogens is 340 g/mol. The number of anilines is 1. The zero-order valence-electron chi connectivity index (χ0n) is 13.6. The highest BCUT2D eigenvalue weighted by atomic mass is 32.1. The molecule has 2 aromatic rings. The van der Waals surface area contributed by atoms with Gasteiger partial charge in [-0.3, -0.25) is 10.1 Å². The SMILES string of the molecule is CCCOc1ccc(C(=O)NC(=S)Nc2cccc(C(=O)O)c2)cc1. The summed E-state index contributed by atoms with van der Waals surface area (Å²) < 4.78 is 5.46. The Morgan fingerprint density at radius 1 is 1.12 bits per heavy atom. The second-order valence-corrected chi connectivity index (χ2v) is 5.58. The maximum Gasteiger partial charge on any atom is 0.335 e. The van der Waals surface area contributed by atoms with Crippen molar-refractivity contribution in [2.75, 3.05) is 11.9 Å². The highest BCUT2D eigenvalue weighted by Gasteiger charge is 2.09. The van der Waals surface area contributed by atoms with E-state index in [1.807, 2.05) is 6.92 Å². The Hall–Kier alpha value is -2.93. The second kappa shape index (κ2) is 8.79. The standard InChI is InChI=1S/C18H18N2O4S/c1-2-10-24-15-8-6-12(7-9-15)16(21)20-18(25)19-14-5-3-4-13(11-14)17(22)23/h3-9,11H,2,10H2,1H3,(H,22,23)(H2,19,20,21,25). The smallest absolute Gasteiger partial charge is 0.335 e. The average Bonchev–Trinajstić information content (AvgIpc) is 2.60. The van der Waals surface area contributed by atoms with Gasteiger partial charge in [-0.2, -0.15) is 0 Å². The minimum atomic E-state index is -1.04. The van der Waals surface area contributed by atoms with Crippen LogP contribution in [-0.2, 0) is 0 Å². The Labute approximate surface area is 150 Å². The summed E-state index contributed by atoms with van der Waals surface area (Å²) in [6.07, 6.45) is 0.908. The maximum atomic E-state index is 12.2. The molecule has 7 heteroatoms. The van der Waals surface area contributed by atoms with Crippen LogP contribution in [0, 0.1) is 0 Å². The van der Waals surface area contributed by atoms with Gasteiger partial charge in [0.2, 0.25) is 0 Å². The minimum absolute atomic E-state index is 0.0823. The number of carbonyl (C=O) groups is 2. The normalized spacial score (nSPS) is 9.96. The maximum absolute atomic E-state index is 12.2. The van der Waals surface area contributed by atoms with E-state index in [0.717, 1.165) is 6.42 Å². The van der Waals surface area contributed by atoms with E-state index in [4.69, 9.17) is 22.1 Å². The van der Waals surface area contributed by atoms with Gasteiger partial charge in [0, 0.05) is 11.3 Å². The van der Waals surface area contributed by atoms with Crippen molar-refractivity contribution in [1.82, 2.24) is 5.32 Å². The van der Waals surface area contributed by atoms with E-state index in [9.17, 15) is 9.59 Å². The fourth-order valence-corrected chi connectivity index (χ4v) is 2.20. The summed E-state index contributed by atoms with van der Waals surface area (Å²) in [5, 5.41) is 14.4. The minimum Gasteiger partial charge on any atom is -0.494 e. The zero-order valence-corrected chi connectivity index (χ0v) is 14.4. The van der Waals surface area contributed by atoms with Crippen molar-refractivity contribution in [2.24, 2.45) is 0 Å². The third kappa shape index (κ3) is 5.58. The molecule has 0 aromatic heterocycles. The number of carbonyl (C=O) groups excluding carboxylic acids is 1. The Morgan fingerprint density at radius 2 is 1.84 bits per heavy atom. The molecule has 2 rings (SSSR count). The molecule has 0 saturated carbocycles. The monoisotopic (exact) mass is 358 g/mol. The Morgan fingerprint density at radius 3 is 2.48 bits per heavy atom. The lowest BCUT2D eigenvalue weighted by molar-refractivity contribution is 0.0696. The third-order valence-corrected chi connectivity index (χ3v) is 3.39. The molecule has 2 aromatic carbocycles. The molecule has 0 aliphatic heterocycles. The van der Waals surface area contributed by atoms with E-state index in [-0.39, 0.29) is 16.6 Å². The number of hydrogen-bond acceptors (Lipinski definition) is 4. The summed E-state index contributed by atoms with van der Waals surface area (Å²) in [7, 11) is 0. The molecule has 130 valence electrons. The van der Waals surface area contributed by atoms with Crippen LogP contribution in [-0.4, -0.2) is 28.7 Å². The zero-order chi connectivity index (χ0) is 18.2. The van der Waals surface area contributed by atoms with Gasteiger partial charge in [-0.15, -0.1) is 0 Å². The predicted octanol–water partition coefficient (Wildman–Crippen LogP) is 3.30. The summed E-state index contributed by atoms with van der Waals surface area (Å²) in [4.78, 5) is 23.1. The van der Waals surface area contributed by atoms with Gasteiger partial charge in [0.1, 0.15) is 5.75 Å². The summed E-state index contributed by atoms with van der Waals surface area (Å²) in [5.74, 6) is -0.706. The van der Waals surface area contributed by atoms with Crippen molar-refractivity contribution >= 4 is 34.9 Å². The van der Waals surface area contributed by atoms with Crippen molar-refractivity contribution in [1.29, 1.82) is 0 Å². The second-order valence-electron chi connectivity index (χ2n) is 5.17. The molecule has 0 radical (unpaired) electrons. The first-order valence-electron chi connectivity index (χ1n) is 7.68. The number of ether oxygens (including phenoxy) is 1. The van der Waals surface area contributed by atoms with Crippen molar-refractivity contribution < 1.29 is 19.4 Å². The van der Waals surface area contributed by atoms with E-state index >= 15 is 0 Å². The van der Waals surface area contributed by atoms with Crippen molar-refractivity contribution in [2.45, 2.75) is 13.3 Å². The van der Waals surface area contributed by atoms with Crippen LogP contribution in [0.3, 0.4) is 0 Å². The number of benzene rings is 2. The number of carboxylic acid groups (broad SMARTS) is 1. The van der Waals surface area contributed by atoms with E-state index in [1.165, 1.54) is 12.1 Å². The lowest BCUT2D eigenvalue weighted by Gasteiger charge is -2.10. The van der Waals surface area contributed by atoms with Crippen LogP contribution in [0.15, 0.2) is 48.5 Å². The van der Waals surface area contributed by atoms with Crippen molar-refractivity contribution in [3.8, 4) is 5.75 Å². The van der Waals surface area contributed by atoms with Crippen molar-refractivity contribution in [3.05, 3.63) is 59.7 Å². The van der Waals surface area contributed by atoms with Gasteiger partial charge in [0.15, 0.2) is 5.11 Å². The molecule has 0 saturated heterocycles. The lowest BCUT2D eigenvalue weighted by Crippen LogP contribution is -2.34. The van der Waals surface area contributed by atoms with Crippen molar-refractivity contribution in [3.63, 3.8) is 0 Å². The first-order chi connectivity index (χ1) is 12.0. The molecule has 1 amide bonds. The number of rotatable bonds is 6. The highest BCUT2D eigenvalue weighted by Crippen LogP contribution is 2.13. The number of amides is 1. The number of aromatic carboxylic acids is 1. The predicted molar refractivity (Wildman–Crippen MR) is 99.3 cm³/mol. The van der Waals surface area contributed by atoms with Gasteiger partial charge in [-0.25, -0.2) is 4.79 Å². The molecule has 0 atom stereocenters. The van der Waals surface area contributed by atoms with Crippen LogP contribution in [0.5, 0.6) is 5.75 Å². The molecule has 25 heavy (non-hydrogen) atoms. The summed E-state index contributed by atoms with van der Waals surface area (Å²) in [6, 6.07) is 12.9. The van der Waals surface area contributed by atoms with E-state index in [1.54, 1.807) is 36.4 Å². The topological polar surface area (TPSA) is 87.7 Å². The van der Waals surface area contributed by atoms with Gasteiger partial charge in [0.25, 0.3) is 5.91 Å². The molecule has 0 unspecified atom stereocenters. The summed E-state index contributed by atoms with van der Waals surface area (Å²) in [5.41, 5.74) is 1.04. The molecule has 3 N–H and O–H groups in total. The van der Waals surface area contributed by atoms with Crippen LogP contribution in [0.2, 0.25) is 0 Å². The highest BCUT2D eigenvalue weighted by molar-refractivity contribution is 7.80. The first-order valence-corrected chi connectivity index (χ1v) is 8.09. The fraction of sp³-hybridized carbons (Fsp3) is 0.167. The summed E-state index contributed by atoms with van der Waals surface area (Å²) in [6.45, 7) is 2.64. The molecule has 0 heterocycles. The first kappa shape index (κ1) is 18.4. The van der Waals surface area contributed by atoms with Crippen LogP contribution in [0.1, 0.15) is 34.1 Å². The van der Waals surface area contributed by atoms with Gasteiger partial charge in [-0.05, 0) is 61.1 Å². The molecule has 0 fully saturated rings. The molecule has 0 aliphatic rings. The van der Waals surface area contributed by atoms with Crippen LogP contribution < -0.4 is 15.4 Å². The lowest BCUT2D eigenvalue weighted by atomic mass is 10.2. The Kier molecular flexibility index (Phi) is 6.47. The largest absolute Gasteiger partial charge is 0.494 e. The number of thiocarbonyl (C=S) groups is 1. The molecule has 0 aliphatic carbocycles. The van der Waals surface area contributed by atoms with Crippen LogP contribution in [0.25, 0.3) is 0 Å². The fourth-order valence-electron chi connectivity index (χ4n) is 1.99. The summed E-state index contributed by atoms with van der Waals surface area (Å²) >= 11 is 5.09. The Bertz CT molecular complexity index is 775. The molecule has 6 nitrogen and oxygen atoms in total. The quantitative estimate of drug-likeness (QED) is 0.687. The van der Waals surface area contributed by atoms with Gasteiger partial charge in [0.05, 0.1) is 12.2 Å². The van der Waals surface area contributed by atoms with Gasteiger partial charge in [-0.1, -0.05) is 13.0 Å². The number of carboxylic acids is 1. The Balaban J connectivity index is 1.94. The average molecular weight is 358 g/mol. The molecule has 0 bridgehead atoms. The van der Waals surface area contributed by atoms with E-state index < -0.39 is 5.97 Å². The molecular formula is C18H18N2O4S. The number of hydrogen-bond donors (Lipinski definition) is 3. The van der Waals surface area contributed by atoms with Gasteiger partial charge >= 0.3 is 5.97 Å².